The van der Waals surface area contributed by atoms with E-state index in [2.05, 4.69) is 52.8 Å². The summed E-state index contributed by atoms with van der Waals surface area (Å²) in [4.78, 5) is 0. The Kier molecular flexibility index (Phi) is 9.84. The van der Waals surface area contributed by atoms with Crippen molar-refractivity contribution < 1.29 is 5.11 Å². The molecule has 4 fully saturated rings. The Balaban J connectivity index is 0.000000861. The van der Waals surface area contributed by atoms with Crippen molar-refractivity contribution in [2.45, 2.75) is 139 Å². The maximum Gasteiger partial charge on any atom is 0.0769 e. The molecule has 4 aliphatic carbocycles. The molecule has 5 rings (SSSR count). The molecule has 10 unspecified atom stereocenters. The lowest BCUT2D eigenvalue weighted by atomic mass is 9.45. The number of aliphatic hydroxyl groups is 1. The Labute approximate surface area is 224 Å². The molecule has 36 heavy (non-hydrogen) atoms. The van der Waals surface area contributed by atoms with Crippen molar-refractivity contribution in [3.8, 4) is 0 Å². The van der Waals surface area contributed by atoms with Gasteiger partial charge in [0.25, 0.3) is 0 Å². The van der Waals surface area contributed by atoms with Crippen molar-refractivity contribution in [3.05, 3.63) is 18.0 Å². The van der Waals surface area contributed by atoms with Gasteiger partial charge in [0, 0.05) is 6.20 Å². The van der Waals surface area contributed by atoms with Gasteiger partial charge in [-0.05, 0) is 109 Å². The van der Waals surface area contributed by atoms with Crippen LogP contribution < -0.4 is 0 Å². The van der Waals surface area contributed by atoms with Crippen LogP contribution in [0.4, 0.5) is 0 Å². The molecule has 0 saturated heterocycles. The van der Waals surface area contributed by atoms with E-state index in [0.717, 1.165) is 35.5 Å². The predicted octanol–water partition coefficient (Wildman–Crippen LogP) is 8.96. The zero-order valence-electron chi connectivity index (χ0n) is 25.6. The van der Waals surface area contributed by atoms with Gasteiger partial charge in [-0.15, -0.1) is 0 Å². The maximum absolute atomic E-state index is 11.5. The van der Waals surface area contributed by atoms with Crippen LogP contribution in [0.5, 0.6) is 0 Å². The first-order valence-corrected chi connectivity index (χ1v) is 15.8. The molecule has 3 heteroatoms. The average Bonchev–Trinajstić information content (AvgIpc) is 3.43. The Bertz CT molecular complexity index is 816. The summed E-state index contributed by atoms with van der Waals surface area (Å²) in [5, 5.41) is 16.0. The van der Waals surface area contributed by atoms with Crippen LogP contribution >= 0.6 is 0 Å². The average molecular weight is 501 g/mol. The van der Waals surface area contributed by atoms with Gasteiger partial charge in [-0.1, -0.05) is 75.7 Å². The van der Waals surface area contributed by atoms with Crippen LogP contribution in [0.15, 0.2) is 12.4 Å². The molecule has 1 aromatic heterocycles. The van der Waals surface area contributed by atoms with E-state index in [-0.39, 0.29) is 6.10 Å². The Morgan fingerprint density at radius 2 is 1.67 bits per heavy atom. The van der Waals surface area contributed by atoms with Gasteiger partial charge in [0.15, 0.2) is 0 Å². The molecule has 10 atom stereocenters. The summed E-state index contributed by atoms with van der Waals surface area (Å²) in [6, 6.07) is 0. The van der Waals surface area contributed by atoms with Crippen LogP contribution in [0.3, 0.4) is 0 Å². The summed E-state index contributed by atoms with van der Waals surface area (Å²) in [5.74, 6) is 6.15. The highest BCUT2D eigenvalue weighted by Gasteiger charge is 2.61. The predicted molar refractivity (Wildman–Crippen MR) is 154 cm³/mol. The number of hydrogen-bond acceptors (Lipinski definition) is 2. The summed E-state index contributed by atoms with van der Waals surface area (Å²) in [6.07, 6.45) is 15.0. The molecular formula is C33H60N2O. The normalized spacial score (nSPS) is 42.2. The van der Waals surface area contributed by atoms with Crippen LogP contribution in [0.25, 0.3) is 0 Å². The lowest BCUT2D eigenvalue weighted by Crippen LogP contribution is -2.53. The number of aromatic nitrogens is 2. The molecule has 4 saturated carbocycles. The highest BCUT2D eigenvalue weighted by molar-refractivity contribution is 5.12. The molecule has 3 nitrogen and oxygen atoms in total. The minimum atomic E-state index is -0.284. The third-order valence-corrected chi connectivity index (χ3v) is 11.3. The van der Waals surface area contributed by atoms with Crippen LogP contribution in [0.1, 0.15) is 132 Å². The molecular weight excluding hydrogens is 440 g/mol. The molecule has 4 aliphatic rings. The summed E-state index contributed by atoms with van der Waals surface area (Å²) in [7, 11) is 0. The number of fused-ring (bicyclic) bond motifs is 5. The summed E-state index contributed by atoms with van der Waals surface area (Å²) in [6.45, 7) is 23.3. The zero-order chi connectivity index (χ0) is 26.8. The van der Waals surface area contributed by atoms with Crippen molar-refractivity contribution >= 4 is 0 Å². The molecule has 0 spiro atoms. The first-order chi connectivity index (χ1) is 17.1. The van der Waals surface area contributed by atoms with Crippen molar-refractivity contribution in [1.29, 1.82) is 0 Å². The van der Waals surface area contributed by atoms with Crippen LogP contribution in [-0.4, -0.2) is 21.0 Å². The van der Waals surface area contributed by atoms with Crippen molar-refractivity contribution in [3.63, 3.8) is 0 Å². The van der Waals surface area contributed by atoms with Gasteiger partial charge in [0.1, 0.15) is 0 Å². The summed E-state index contributed by atoms with van der Waals surface area (Å²) < 4.78 is 2.00. The number of rotatable bonds is 4. The standard InChI is InChI=1S/C29H48N2O.2C2H6/c1-18(2)21-15-30-31(16-21)17-26(32)25-13-20(4)27-23-9-11-28(5)14-19(3)7-8-24(28)22(23)10-12-29(25,27)6;2*1-2/h15-16,18-20,22-27,32H,7-14,17H2,1-6H3;2*1-2H3. The van der Waals surface area contributed by atoms with E-state index >= 15 is 0 Å². The molecule has 1 heterocycles. The molecule has 208 valence electrons. The maximum atomic E-state index is 11.5. The van der Waals surface area contributed by atoms with Gasteiger partial charge in [0.05, 0.1) is 18.8 Å². The number of hydrogen-bond donors (Lipinski definition) is 1. The summed E-state index contributed by atoms with van der Waals surface area (Å²) in [5.41, 5.74) is 2.17. The molecule has 0 aromatic carbocycles. The Morgan fingerprint density at radius 1 is 1.00 bits per heavy atom. The van der Waals surface area contributed by atoms with Gasteiger partial charge >= 0.3 is 0 Å². The van der Waals surface area contributed by atoms with Gasteiger partial charge in [-0.25, -0.2) is 0 Å². The van der Waals surface area contributed by atoms with E-state index in [0.29, 0.717) is 29.2 Å². The third kappa shape index (κ3) is 5.34. The second-order valence-electron chi connectivity index (χ2n) is 13.6. The topological polar surface area (TPSA) is 38.0 Å². The SMILES string of the molecule is CC.CC.CC1CCC2C3CCC4(C)C(C(O)Cn5cc(C(C)C)cn5)CC(C)C4C3CCC2(C)C1. The van der Waals surface area contributed by atoms with Gasteiger partial charge in [0.2, 0.25) is 0 Å². The van der Waals surface area contributed by atoms with Gasteiger partial charge < -0.3 is 5.11 Å². The number of aliphatic hydroxyl groups excluding tert-OH is 1. The Hall–Kier alpha value is -0.830. The molecule has 0 amide bonds. The lowest BCUT2D eigenvalue weighted by Gasteiger charge is -2.60. The molecule has 0 radical (unpaired) electrons. The van der Waals surface area contributed by atoms with Crippen molar-refractivity contribution in [1.82, 2.24) is 9.78 Å². The van der Waals surface area contributed by atoms with E-state index in [1.54, 1.807) is 0 Å². The summed E-state index contributed by atoms with van der Waals surface area (Å²) >= 11 is 0. The van der Waals surface area contributed by atoms with Crippen molar-refractivity contribution in [2.75, 3.05) is 0 Å². The van der Waals surface area contributed by atoms with Crippen LogP contribution in [-0.2, 0) is 6.54 Å². The fourth-order valence-corrected chi connectivity index (χ4v) is 9.90. The monoisotopic (exact) mass is 500 g/mol. The molecule has 1 N–H and O–H groups in total. The van der Waals surface area contributed by atoms with E-state index in [9.17, 15) is 5.11 Å². The quantitative estimate of drug-likeness (QED) is 0.448. The lowest BCUT2D eigenvalue weighted by molar-refractivity contribution is -0.118. The molecule has 0 bridgehead atoms. The highest BCUT2D eigenvalue weighted by atomic mass is 16.3. The van der Waals surface area contributed by atoms with Crippen molar-refractivity contribution in [2.24, 2.45) is 52.3 Å². The second kappa shape index (κ2) is 11.9. The van der Waals surface area contributed by atoms with Crippen LogP contribution in [0.2, 0.25) is 0 Å². The van der Waals surface area contributed by atoms with Gasteiger partial charge in [-0.2, -0.15) is 5.10 Å². The molecule has 1 aromatic rings. The van der Waals surface area contributed by atoms with E-state index in [1.165, 1.54) is 56.9 Å². The molecule has 0 aliphatic heterocycles. The minimum Gasteiger partial charge on any atom is -0.391 e. The number of nitrogens with zero attached hydrogens (tertiary/aromatic N) is 2. The smallest absolute Gasteiger partial charge is 0.0769 e. The van der Waals surface area contributed by atoms with E-state index < -0.39 is 0 Å². The second-order valence-corrected chi connectivity index (χ2v) is 13.6. The minimum absolute atomic E-state index is 0.284. The van der Waals surface area contributed by atoms with Crippen LogP contribution in [0, 0.1) is 52.3 Å². The first kappa shape index (κ1) is 29.7. The Morgan fingerprint density at radius 3 is 2.31 bits per heavy atom. The first-order valence-electron chi connectivity index (χ1n) is 15.8. The fourth-order valence-electron chi connectivity index (χ4n) is 9.90. The highest BCUT2D eigenvalue weighted by Crippen LogP contribution is 2.68. The third-order valence-electron chi connectivity index (χ3n) is 11.3. The van der Waals surface area contributed by atoms with Gasteiger partial charge in [-0.3, -0.25) is 4.68 Å². The van der Waals surface area contributed by atoms with E-state index in [1.807, 2.05) is 38.6 Å². The largest absolute Gasteiger partial charge is 0.391 e. The van der Waals surface area contributed by atoms with E-state index in [4.69, 9.17) is 0 Å². The zero-order valence-corrected chi connectivity index (χ0v) is 25.6. The fraction of sp³-hybridized carbons (Fsp3) is 0.909.